The average molecular weight is 484 g/mol. The quantitative estimate of drug-likeness (QED) is 0.593. The lowest BCUT2D eigenvalue weighted by Crippen LogP contribution is -2.44. The number of carbonyl (C=O) groups excluding carboxylic acids is 1. The van der Waals surface area contributed by atoms with Gasteiger partial charge in [0.15, 0.2) is 0 Å². The maximum atomic E-state index is 13.0. The maximum Gasteiger partial charge on any atom is 0.317 e. The minimum absolute atomic E-state index is 0.0260. The molecule has 186 valence electrons. The van der Waals surface area contributed by atoms with Gasteiger partial charge >= 0.3 is 6.03 Å². The van der Waals surface area contributed by atoms with Crippen LogP contribution in [0.2, 0.25) is 0 Å². The molecular weight excluding hydrogens is 450 g/mol. The molecule has 3 aromatic rings. The van der Waals surface area contributed by atoms with E-state index in [4.69, 9.17) is 5.73 Å². The molecular formula is C28H33N7O. The third kappa shape index (κ3) is 4.73. The number of amides is 2. The Morgan fingerprint density at radius 3 is 2.58 bits per heavy atom. The van der Waals surface area contributed by atoms with Crippen molar-refractivity contribution in [2.24, 2.45) is 0 Å². The van der Waals surface area contributed by atoms with Crippen molar-refractivity contribution < 1.29 is 4.79 Å². The molecule has 2 atom stereocenters. The van der Waals surface area contributed by atoms with E-state index < -0.39 is 0 Å². The molecule has 8 heteroatoms. The number of hydrogen-bond donors (Lipinski definition) is 2. The van der Waals surface area contributed by atoms with Crippen LogP contribution in [0.4, 0.5) is 16.6 Å². The van der Waals surface area contributed by atoms with Gasteiger partial charge < -0.3 is 25.8 Å². The molecule has 2 aromatic carbocycles. The Hall–Kier alpha value is -3.65. The van der Waals surface area contributed by atoms with Crippen molar-refractivity contribution in [2.45, 2.75) is 31.3 Å². The number of benzene rings is 2. The predicted octanol–water partition coefficient (Wildman–Crippen LogP) is 3.10. The second-order valence-corrected chi connectivity index (χ2v) is 10.2. The first-order valence-corrected chi connectivity index (χ1v) is 12.8. The third-order valence-electron chi connectivity index (χ3n) is 7.69. The van der Waals surface area contributed by atoms with Crippen molar-refractivity contribution in [1.82, 2.24) is 25.1 Å². The zero-order chi connectivity index (χ0) is 24.6. The molecule has 3 N–H and O–H groups in total. The second kappa shape index (κ2) is 9.43. The first-order valence-electron chi connectivity index (χ1n) is 12.8. The summed E-state index contributed by atoms with van der Waals surface area (Å²) in [5.74, 6) is 1.59. The number of carbonyl (C=O) groups is 1. The van der Waals surface area contributed by atoms with Gasteiger partial charge in [-0.15, -0.1) is 0 Å². The van der Waals surface area contributed by atoms with Gasteiger partial charge in [-0.25, -0.2) is 9.78 Å². The van der Waals surface area contributed by atoms with E-state index in [-0.39, 0.29) is 18.0 Å². The number of rotatable bonds is 4. The van der Waals surface area contributed by atoms with E-state index in [1.54, 1.807) is 0 Å². The second-order valence-electron chi connectivity index (χ2n) is 10.2. The van der Waals surface area contributed by atoms with Gasteiger partial charge in [0.2, 0.25) is 5.95 Å². The van der Waals surface area contributed by atoms with Crippen LogP contribution in [-0.2, 0) is 13.0 Å². The highest BCUT2D eigenvalue weighted by Gasteiger charge is 2.40. The molecule has 0 bridgehead atoms. The van der Waals surface area contributed by atoms with Gasteiger partial charge in [0.1, 0.15) is 5.82 Å². The number of nitrogen functional groups attached to an aromatic ring is 1. The van der Waals surface area contributed by atoms with E-state index in [1.165, 1.54) is 16.7 Å². The minimum Gasteiger partial charge on any atom is -0.368 e. The smallest absolute Gasteiger partial charge is 0.317 e. The molecule has 2 amide bonds. The Morgan fingerprint density at radius 2 is 1.78 bits per heavy atom. The summed E-state index contributed by atoms with van der Waals surface area (Å²) in [4.78, 5) is 28.6. The fourth-order valence-electron chi connectivity index (χ4n) is 5.36. The number of nitrogens with zero attached hydrogens (tertiary/aromatic N) is 5. The van der Waals surface area contributed by atoms with Gasteiger partial charge in [-0.2, -0.15) is 4.98 Å². The molecule has 1 aromatic heterocycles. The summed E-state index contributed by atoms with van der Waals surface area (Å²) >= 11 is 0. The van der Waals surface area contributed by atoms with E-state index in [9.17, 15) is 4.79 Å². The topological polar surface area (TPSA) is 90.6 Å². The molecule has 0 radical (unpaired) electrons. The lowest BCUT2D eigenvalue weighted by atomic mass is 9.96. The Morgan fingerprint density at radius 1 is 0.972 bits per heavy atom. The van der Waals surface area contributed by atoms with Crippen molar-refractivity contribution in [3.8, 4) is 11.3 Å². The van der Waals surface area contributed by atoms with E-state index in [1.807, 2.05) is 17.0 Å². The Bertz CT molecular complexity index is 1260. The van der Waals surface area contributed by atoms with Gasteiger partial charge in [0.05, 0.1) is 5.69 Å². The molecule has 1 saturated heterocycles. The normalized spacial score (nSPS) is 21.7. The lowest BCUT2D eigenvalue weighted by molar-refractivity contribution is 0.191. The zero-order valence-electron chi connectivity index (χ0n) is 20.7. The summed E-state index contributed by atoms with van der Waals surface area (Å²) in [5, 5.41) is 3.24. The van der Waals surface area contributed by atoms with Gasteiger partial charge in [-0.1, -0.05) is 42.5 Å². The van der Waals surface area contributed by atoms with Crippen LogP contribution in [0, 0.1) is 0 Å². The van der Waals surface area contributed by atoms with Crippen LogP contribution in [0.1, 0.15) is 29.0 Å². The van der Waals surface area contributed by atoms with Crippen molar-refractivity contribution >= 4 is 17.8 Å². The first kappa shape index (κ1) is 22.8. The molecule has 3 aliphatic rings. The summed E-state index contributed by atoms with van der Waals surface area (Å²) in [6, 6.07) is 19.2. The Kier molecular flexibility index (Phi) is 5.97. The average Bonchev–Trinajstić information content (AvgIpc) is 3.67. The van der Waals surface area contributed by atoms with E-state index in [0.29, 0.717) is 12.5 Å². The van der Waals surface area contributed by atoms with Crippen LogP contribution in [0.3, 0.4) is 0 Å². The minimum atomic E-state index is 0.0260. The number of nitrogens with one attached hydrogen (secondary N) is 1. The highest BCUT2D eigenvalue weighted by Crippen LogP contribution is 2.40. The van der Waals surface area contributed by atoms with E-state index in [0.717, 1.165) is 62.6 Å². The number of likely N-dealkylation sites (N-methyl/N-ethyl adjacent to an activating group) is 1. The highest BCUT2D eigenvalue weighted by atomic mass is 16.2. The number of nitrogens with two attached hydrogens (primary N) is 1. The molecule has 3 heterocycles. The molecule has 0 spiro atoms. The highest BCUT2D eigenvalue weighted by molar-refractivity contribution is 5.76. The monoisotopic (exact) mass is 483 g/mol. The largest absolute Gasteiger partial charge is 0.368 e. The van der Waals surface area contributed by atoms with Gasteiger partial charge in [0, 0.05) is 62.9 Å². The van der Waals surface area contributed by atoms with Crippen molar-refractivity contribution in [2.75, 3.05) is 50.4 Å². The predicted molar refractivity (Wildman–Crippen MR) is 142 cm³/mol. The molecule has 36 heavy (non-hydrogen) atoms. The van der Waals surface area contributed by atoms with Crippen molar-refractivity contribution in [3.05, 3.63) is 71.3 Å². The Balaban J connectivity index is 1.15. The molecule has 2 fully saturated rings. The van der Waals surface area contributed by atoms with Crippen LogP contribution in [0.5, 0.6) is 0 Å². The molecule has 0 unspecified atom stereocenters. The van der Waals surface area contributed by atoms with E-state index in [2.05, 4.69) is 74.6 Å². The zero-order valence-corrected chi connectivity index (χ0v) is 20.7. The third-order valence-corrected chi connectivity index (χ3v) is 7.69. The lowest BCUT2D eigenvalue weighted by Gasteiger charge is -2.33. The van der Waals surface area contributed by atoms with Gasteiger partial charge in [0.25, 0.3) is 0 Å². The number of fused-ring (bicyclic) bond motifs is 1. The fourth-order valence-corrected chi connectivity index (χ4v) is 5.36. The van der Waals surface area contributed by atoms with Gasteiger partial charge in [-0.3, -0.25) is 0 Å². The number of hydrogen-bond acceptors (Lipinski definition) is 6. The van der Waals surface area contributed by atoms with Crippen LogP contribution in [0.25, 0.3) is 11.3 Å². The molecule has 6 rings (SSSR count). The molecule has 1 saturated carbocycles. The number of anilines is 2. The summed E-state index contributed by atoms with van der Waals surface area (Å²) in [7, 11) is 2.14. The summed E-state index contributed by atoms with van der Waals surface area (Å²) < 4.78 is 0. The first-order chi connectivity index (χ1) is 17.5. The van der Waals surface area contributed by atoms with Crippen molar-refractivity contribution in [3.63, 3.8) is 0 Å². The summed E-state index contributed by atoms with van der Waals surface area (Å²) in [6.45, 7) is 5.18. The van der Waals surface area contributed by atoms with Crippen LogP contribution in [-0.4, -0.2) is 71.6 Å². The van der Waals surface area contributed by atoms with Crippen LogP contribution in [0.15, 0.2) is 54.6 Å². The summed E-state index contributed by atoms with van der Waals surface area (Å²) in [6.07, 6.45) is 1.86. The molecule has 1 aliphatic carbocycles. The van der Waals surface area contributed by atoms with E-state index >= 15 is 0 Å². The molecule has 2 aliphatic heterocycles. The fraction of sp³-hybridized carbons (Fsp3) is 0.393. The SMILES string of the molecule is CN1CCN(c2cc(-c3ccc4c(c3)CN(C(=O)N[C@H]3C[C@@H]3c3ccccc3)CC4)nc(N)n2)CC1. The van der Waals surface area contributed by atoms with Crippen LogP contribution < -0.4 is 16.0 Å². The van der Waals surface area contributed by atoms with Crippen LogP contribution >= 0.6 is 0 Å². The van der Waals surface area contributed by atoms with Crippen molar-refractivity contribution in [1.29, 1.82) is 0 Å². The van der Waals surface area contributed by atoms with Gasteiger partial charge in [-0.05, 0) is 42.6 Å². The molecule has 8 nitrogen and oxygen atoms in total. The number of piperazine rings is 1. The Labute approximate surface area is 212 Å². The number of aromatic nitrogens is 2. The summed E-state index contributed by atoms with van der Waals surface area (Å²) in [5.41, 5.74) is 11.7. The standard InChI is InChI=1S/C28H33N7O/c1-33-11-13-34(14-12-33)26-17-24(30-27(29)32-26)21-8-7-19-9-10-35(18-22(19)15-21)28(36)31-25-16-23(25)20-5-3-2-4-6-20/h2-8,15,17,23,25H,9-14,16,18H2,1H3,(H,31,36)(H2,29,30,32)/t23-,25+/m1/s1. The number of urea groups is 1. The maximum absolute atomic E-state index is 13.0.